The lowest BCUT2D eigenvalue weighted by Crippen LogP contribution is -2.26. The second-order valence-electron chi connectivity index (χ2n) is 8.02. The first-order valence-corrected chi connectivity index (χ1v) is 11.9. The number of amides is 1. The molecule has 1 amide bonds. The van der Waals surface area contributed by atoms with Gasteiger partial charge in [-0.1, -0.05) is 60.2 Å². The van der Waals surface area contributed by atoms with Gasteiger partial charge in [0.05, 0.1) is 25.6 Å². The van der Waals surface area contributed by atoms with Gasteiger partial charge in [-0.05, 0) is 38.0 Å². The average Bonchev–Trinajstić information content (AvgIpc) is 3.25. The second-order valence-corrected chi connectivity index (χ2v) is 9.20. The van der Waals surface area contributed by atoms with Crippen molar-refractivity contribution < 1.29 is 14.3 Å². The smallest absolute Gasteiger partial charge is 0.233 e. The zero-order chi connectivity index (χ0) is 24.1. The van der Waals surface area contributed by atoms with Crippen molar-refractivity contribution in [1.82, 2.24) is 4.98 Å². The van der Waals surface area contributed by atoms with Crippen molar-refractivity contribution >= 4 is 28.1 Å². The van der Waals surface area contributed by atoms with E-state index in [9.17, 15) is 4.79 Å². The first-order chi connectivity index (χ1) is 16.5. The van der Waals surface area contributed by atoms with Gasteiger partial charge in [-0.15, -0.1) is 11.3 Å². The molecule has 5 nitrogen and oxygen atoms in total. The summed E-state index contributed by atoms with van der Waals surface area (Å²) in [7, 11) is 3.20. The topological polar surface area (TPSA) is 51.7 Å². The van der Waals surface area contributed by atoms with E-state index < -0.39 is 0 Å². The minimum Gasteiger partial charge on any atom is -0.497 e. The summed E-state index contributed by atoms with van der Waals surface area (Å²) in [6.45, 7) is 4.10. The fourth-order valence-electron chi connectivity index (χ4n) is 3.78. The molecule has 6 heteroatoms. The molecule has 0 atom stereocenters. The zero-order valence-corrected chi connectivity index (χ0v) is 20.7. The summed E-state index contributed by atoms with van der Waals surface area (Å²) < 4.78 is 11.0. The molecule has 0 bridgehead atoms. The molecular formula is C28H28N2O3S. The predicted molar refractivity (Wildman–Crippen MR) is 138 cm³/mol. The molecule has 4 aromatic rings. The highest BCUT2D eigenvalue weighted by Gasteiger charge is 2.26. The van der Waals surface area contributed by atoms with Crippen LogP contribution in [0.2, 0.25) is 0 Å². The third kappa shape index (κ3) is 5.13. The summed E-state index contributed by atoms with van der Waals surface area (Å²) >= 11 is 1.50. The summed E-state index contributed by atoms with van der Waals surface area (Å²) in [6, 6.07) is 23.8. The van der Waals surface area contributed by atoms with Crippen LogP contribution in [0.4, 0.5) is 10.8 Å². The molecule has 1 aromatic heterocycles. The Morgan fingerprint density at radius 2 is 1.68 bits per heavy atom. The van der Waals surface area contributed by atoms with Crippen molar-refractivity contribution in [3.8, 4) is 22.8 Å². The first kappa shape index (κ1) is 23.5. The second kappa shape index (κ2) is 10.5. The van der Waals surface area contributed by atoms with Crippen molar-refractivity contribution in [3.05, 3.63) is 88.8 Å². The van der Waals surface area contributed by atoms with Gasteiger partial charge in [-0.25, -0.2) is 4.98 Å². The van der Waals surface area contributed by atoms with Crippen LogP contribution in [0.25, 0.3) is 11.3 Å². The van der Waals surface area contributed by atoms with Crippen molar-refractivity contribution in [2.24, 2.45) is 0 Å². The monoisotopic (exact) mass is 472 g/mol. The molecule has 0 N–H and O–H groups in total. The minimum atomic E-state index is -0.0449. The number of carbonyl (C=O) groups excluding carboxylic acids is 1. The number of methoxy groups -OCH3 is 2. The zero-order valence-electron chi connectivity index (χ0n) is 19.9. The van der Waals surface area contributed by atoms with E-state index in [-0.39, 0.29) is 5.91 Å². The van der Waals surface area contributed by atoms with Crippen LogP contribution in [-0.4, -0.2) is 25.1 Å². The molecule has 0 unspecified atom stereocenters. The van der Waals surface area contributed by atoms with E-state index in [1.54, 1.807) is 25.2 Å². The number of benzene rings is 3. The Morgan fingerprint density at radius 3 is 2.35 bits per heavy atom. The van der Waals surface area contributed by atoms with Crippen LogP contribution in [0.1, 0.15) is 22.4 Å². The molecule has 4 rings (SSSR count). The van der Waals surface area contributed by atoms with E-state index in [0.717, 1.165) is 21.7 Å². The quantitative estimate of drug-likeness (QED) is 0.285. The number of ether oxygens (including phenoxy) is 2. The van der Waals surface area contributed by atoms with E-state index in [0.29, 0.717) is 35.2 Å². The number of anilines is 2. The predicted octanol–water partition coefficient (Wildman–Crippen LogP) is 6.74. The van der Waals surface area contributed by atoms with Crippen molar-refractivity contribution in [2.75, 3.05) is 19.1 Å². The number of aromatic nitrogens is 1. The van der Waals surface area contributed by atoms with E-state index in [2.05, 4.69) is 31.2 Å². The summed E-state index contributed by atoms with van der Waals surface area (Å²) in [5, 5.41) is 0.620. The van der Waals surface area contributed by atoms with Gasteiger partial charge >= 0.3 is 0 Å². The Hall–Kier alpha value is -3.64. The summed E-state index contributed by atoms with van der Waals surface area (Å²) in [4.78, 5) is 21.3. The molecule has 0 radical (unpaired) electrons. The Labute approximate surface area is 204 Å². The molecule has 34 heavy (non-hydrogen) atoms. The Bertz CT molecular complexity index is 1270. The van der Waals surface area contributed by atoms with E-state index in [4.69, 9.17) is 14.5 Å². The fraction of sp³-hybridized carbons (Fsp3) is 0.214. The van der Waals surface area contributed by atoms with Crippen LogP contribution >= 0.6 is 11.3 Å². The average molecular weight is 473 g/mol. The van der Waals surface area contributed by atoms with E-state index in [1.165, 1.54) is 16.9 Å². The van der Waals surface area contributed by atoms with Crippen LogP contribution in [0.5, 0.6) is 11.5 Å². The van der Waals surface area contributed by atoms with E-state index >= 15 is 0 Å². The number of hydrogen-bond donors (Lipinski definition) is 0. The van der Waals surface area contributed by atoms with Crippen LogP contribution in [-0.2, 0) is 11.2 Å². The van der Waals surface area contributed by atoms with Gasteiger partial charge in [0.2, 0.25) is 5.91 Å². The molecule has 0 aliphatic heterocycles. The maximum atomic E-state index is 13.6. The molecule has 174 valence electrons. The minimum absolute atomic E-state index is 0.0449. The van der Waals surface area contributed by atoms with Crippen LogP contribution in [0, 0.1) is 13.8 Å². The highest BCUT2D eigenvalue weighted by Crippen LogP contribution is 2.41. The number of rotatable bonds is 8. The number of aryl methyl sites for hydroxylation is 3. The third-order valence-corrected chi connectivity index (χ3v) is 6.61. The Kier molecular flexibility index (Phi) is 7.28. The maximum Gasteiger partial charge on any atom is 0.233 e. The summed E-state index contributed by atoms with van der Waals surface area (Å²) in [5.74, 6) is 1.17. The molecular weight excluding hydrogens is 444 g/mol. The Balaban J connectivity index is 1.74. The van der Waals surface area contributed by atoms with Gasteiger partial charge in [0.1, 0.15) is 11.5 Å². The third-order valence-electron chi connectivity index (χ3n) is 5.65. The number of hydrogen-bond acceptors (Lipinski definition) is 5. The highest BCUT2D eigenvalue weighted by atomic mass is 32.1. The summed E-state index contributed by atoms with van der Waals surface area (Å²) in [5.41, 5.74) is 4.87. The molecule has 0 aliphatic carbocycles. The normalized spacial score (nSPS) is 10.7. The molecule has 0 spiro atoms. The van der Waals surface area contributed by atoms with Gasteiger partial charge in [-0.3, -0.25) is 9.69 Å². The molecule has 3 aromatic carbocycles. The number of thiazole rings is 1. The fourth-order valence-corrected chi connectivity index (χ4v) is 4.74. The lowest BCUT2D eigenvalue weighted by atomic mass is 10.1. The standard InChI is InChI=1S/C28H28N2O3S/c1-19-10-13-22(14-11-19)27-20(2)34-28(29-27)30(24-16-15-23(32-3)18-25(24)33-4)26(31)17-12-21-8-6-5-7-9-21/h5-11,13-16,18H,12,17H2,1-4H3. The molecule has 0 saturated heterocycles. The molecule has 0 fully saturated rings. The van der Waals surface area contributed by atoms with Gasteiger partial charge in [-0.2, -0.15) is 0 Å². The van der Waals surface area contributed by atoms with Crippen LogP contribution in [0.3, 0.4) is 0 Å². The van der Waals surface area contributed by atoms with Crippen LogP contribution in [0.15, 0.2) is 72.8 Å². The van der Waals surface area contributed by atoms with Gasteiger partial charge in [0.15, 0.2) is 5.13 Å². The van der Waals surface area contributed by atoms with Gasteiger partial charge < -0.3 is 9.47 Å². The van der Waals surface area contributed by atoms with Crippen molar-refractivity contribution in [2.45, 2.75) is 26.7 Å². The lowest BCUT2D eigenvalue weighted by molar-refractivity contribution is -0.117. The number of nitrogens with zero attached hydrogens (tertiary/aromatic N) is 2. The van der Waals surface area contributed by atoms with Gasteiger partial charge in [0, 0.05) is 22.9 Å². The maximum absolute atomic E-state index is 13.6. The lowest BCUT2D eigenvalue weighted by Gasteiger charge is -2.23. The molecule has 0 saturated carbocycles. The van der Waals surface area contributed by atoms with Gasteiger partial charge in [0.25, 0.3) is 0 Å². The van der Waals surface area contributed by atoms with E-state index in [1.807, 2.05) is 49.4 Å². The Morgan fingerprint density at radius 1 is 0.941 bits per heavy atom. The molecule has 1 heterocycles. The SMILES string of the molecule is COc1ccc(N(C(=O)CCc2ccccc2)c2nc(-c3ccc(C)cc3)c(C)s2)c(OC)c1. The molecule has 0 aliphatic rings. The first-order valence-electron chi connectivity index (χ1n) is 11.1. The summed E-state index contributed by atoms with van der Waals surface area (Å²) in [6.07, 6.45) is 0.988. The van der Waals surface area contributed by atoms with Crippen molar-refractivity contribution in [3.63, 3.8) is 0 Å². The highest BCUT2D eigenvalue weighted by molar-refractivity contribution is 7.16. The van der Waals surface area contributed by atoms with Crippen LogP contribution < -0.4 is 14.4 Å². The number of carbonyl (C=O) groups is 1. The largest absolute Gasteiger partial charge is 0.497 e. The van der Waals surface area contributed by atoms with Crippen molar-refractivity contribution in [1.29, 1.82) is 0 Å².